The van der Waals surface area contributed by atoms with Gasteiger partial charge in [-0.2, -0.15) is 15.8 Å². The van der Waals surface area contributed by atoms with E-state index in [4.69, 9.17) is 6.57 Å². The summed E-state index contributed by atoms with van der Waals surface area (Å²) in [7, 11) is 0. The van der Waals surface area contributed by atoms with Gasteiger partial charge >= 0.3 is 0 Å². The molecule has 0 aliphatic carbocycles. The molecule has 6 rings (SSSR count). The Kier molecular flexibility index (Phi) is 8.73. The molecule has 6 aromatic carbocycles. The predicted octanol–water partition coefficient (Wildman–Crippen LogP) is 10.7. The minimum atomic E-state index is -0.614. The fourth-order valence-corrected chi connectivity index (χ4v) is 5.76. The van der Waals surface area contributed by atoms with Gasteiger partial charge in [-0.1, -0.05) is 24.3 Å². The van der Waals surface area contributed by atoms with Crippen LogP contribution in [-0.2, 0) is 6.42 Å². The monoisotopic (exact) mass is 644 g/mol. The summed E-state index contributed by atoms with van der Waals surface area (Å²) in [4.78, 5) is 3.37. The van der Waals surface area contributed by atoms with Gasteiger partial charge in [-0.15, -0.1) is 0 Å². The number of hydrogen-bond donors (Lipinski definition) is 0. The van der Waals surface area contributed by atoms with Crippen molar-refractivity contribution >= 4 is 5.69 Å². The lowest BCUT2D eigenvalue weighted by Crippen LogP contribution is -1.95. The number of nitriles is 3. The van der Waals surface area contributed by atoms with Crippen LogP contribution in [0, 0.1) is 63.8 Å². The highest BCUT2D eigenvalue weighted by molar-refractivity contribution is 5.78. The zero-order valence-corrected chi connectivity index (χ0v) is 25.4. The Bertz CT molecular complexity index is 2140. The summed E-state index contributed by atoms with van der Waals surface area (Å²) in [5.74, 6) is -2.45. The Hall–Kier alpha value is -7.00. The fourth-order valence-electron chi connectivity index (χ4n) is 5.76. The maximum absolute atomic E-state index is 14.6. The van der Waals surface area contributed by atoms with E-state index < -0.39 is 23.3 Å². The van der Waals surface area contributed by atoms with Crippen LogP contribution in [0.15, 0.2) is 109 Å². The number of nitrogens with zero attached hydrogens (tertiary/aromatic N) is 4. The van der Waals surface area contributed by atoms with Gasteiger partial charge in [0, 0.05) is 0 Å². The average molecular weight is 645 g/mol. The first-order valence-electron chi connectivity index (χ1n) is 14.7. The van der Waals surface area contributed by atoms with E-state index in [-0.39, 0.29) is 28.8 Å². The summed E-state index contributed by atoms with van der Waals surface area (Å²) in [5.41, 5.74) is 5.52. The molecule has 0 fully saturated rings. The molecule has 49 heavy (non-hydrogen) atoms. The van der Waals surface area contributed by atoms with Crippen molar-refractivity contribution in [2.75, 3.05) is 0 Å². The van der Waals surface area contributed by atoms with Gasteiger partial charge in [-0.3, -0.25) is 0 Å². The Labute approximate surface area is 279 Å². The van der Waals surface area contributed by atoms with Crippen molar-refractivity contribution in [2.24, 2.45) is 0 Å². The quantitative estimate of drug-likeness (QED) is 0.134. The molecule has 8 heteroatoms. The van der Waals surface area contributed by atoms with E-state index in [0.29, 0.717) is 55.6 Å². The third-order valence-electron chi connectivity index (χ3n) is 7.82. The number of rotatable bonds is 6. The normalized spacial score (nSPS) is 10.4. The first-order valence-corrected chi connectivity index (χ1v) is 14.7. The summed E-state index contributed by atoms with van der Waals surface area (Å²) in [5, 5.41) is 28.4. The first-order chi connectivity index (χ1) is 23.6. The first kappa shape index (κ1) is 32.0. The van der Waals surface area contributed by atoms with Gasteiger partial charge in [0.2, 0.25) is 0 Å². The molecule has 0 aliphatic rings. The van der Waals surface area contributed by atoms with E-state index in [1.54, 1.807) is 36.4 Å². The fraction of sp³-hybridized carbons (Fsp3) is 0.0244. The smallest absolute Gasteiger partial charge is 0.190 e. The Balaban J connectivity index is 1.56. The SMILES string of the molecule is [C-]#[N+]c1cc(F)cc(-c2cc(Cc3cc(-c4cc(F)cc(C#N)c4)cc(-c4cc(F)cc(C#N)c4)c3)cc(-c3cc(F)cc(C#N)c3)c2)c1. The Morgan fingerprint density at radius 1 is 0.408 bits per heavy atom. The minimum Gasteiger partial charge on any atom is -0.238 e. The van der Waals surface area contributed by atoms with E-state index in [0.717, 1.165) is 24.3 Å². The second-order valence-corrected chi connectivity index (χ2v) is 11.3. The van der Waals surface area contributed by atoms with E-state index in [2.05, 4.69) is 4.85 Å². The van der Waals surface area contributed by atoms with E-state index in [9.17, 15) is 33.3 Å². The molecule has 4 nitrogen and oxygen atoms in total. The van der Waals surface area contributed by atoms with E-state index in [1.165, 1.54) is 48.5 Å². The molecule has 0 radical (unpaired) electrons. The van der Waals surface area contributed by atoms with Gasteiger partial charge in [-0.25, -0.2) is 22.4 Å². The van der Waals surface area contributed by atoms with Gasteiger partial charge in [0.1, 0.15) is 23.3 Å². The molecular formula is C41H20F4N4. The summed E-state index contributed by atoms with van der Waals surface area (Å²) < 4.78 is 58.3. The van der Waals surface area contributed by atoms with Crippen molar-refractivity contribution in [1.82, 2.24) is 0 Å². The van der Waals surface area contributed by atoms with Crippen LogP contribution in [0.3, 0.4) is 0 Å². The molecular weight excluding hydrogens is 624 g/mol. The lowest BCUT2D eigenvalue weighted by molar-refractivity contribution is 0.627. The molecule has 6 aromatic rings. The Morgan fingerprint density at radius 2 is 0.714 bits per heavy atom. The summed E-state index contributed by atoms with van der Waals surface area (Å²) >= 11 is 0. The number of benzene rings is 6. The highest BCUT2D eigenvalue weighted by Gasteiger charge is 2.14. The number of halogens is 4. The lowest BCUT2D eigenvalue weighted by atomic mass is 9.90. The van der Waals surface area contributed by atoms with Crippen molar-refractivity contribution in [3.05, 3.63) is 172 Å². The molecule has 0 saturated heterocycles. The van der Waals surface area contributed by atoms with Crippen LogP contribution >= 0.6 is 0 Å². The van der Waals surface area contributed by atoms with Crippen molar-refractivity contribution in [3.63, 3.8) is 0 Å². The third-order valence-corrected chi connectivity index (χ3v) is 7.82. The van der Waals surface area contributed by atoms with Gasteiger partial charge in [-0.05, 0) is 147 Å². The van der Waals surface area contributed by atoms with Crippen LogP contribution in [0.5, 0.6) is 0 Å². The lowest BCUT2D eigenvalue weighted by Gasteiger charge is -2.15. The third kappa shape index (κ3) is 7.21. The summed E-state index contributed by atoms with van der Waals surface area (Å²) in [6.45, 7) is 7.40. The van der Waals surface area contributed by atoms with Crippen LogP contribution in [0.4, 0.5) is 23.2 Å². The zero-order valence-electron chi connectivity index (χ0n) is 25.4. The van der Waals surface area contributed by atoms with Crippen molar-refractivity contribution in [2.45, 2.75) is 6.42 Å². The van der Waals surface area contributed by atoms with Gasteiger partial charge in [0.25, 0.3) is 0 Å². The highest BCUT2D eigenvalue weighted by atomic mass is 19.1. The van der Waals surface area contributed by atoms with Crippen LogP contribution in [0.25, 0.3) is 49.4 Å². The average Bonchev–Trinajstić information content (AvgIpc) is 3.10. The molecule has 0 atom stereocenters. The molecule has 0 heterocycles. The van der Waals surface area contributed by atoms with Crippen molar-refractivity contribution < 1.29 is 17.6 Å². The summed E-state index contributed by atoms with van der Waals surface area (Å²) in [6.07, 6.45) is 0.230. The summed E-state index contributed by atoms with van der Waals surface area (Å²) in [6, 6.07) is 32.2. The molecule has 0 saturated carbocycles. The number of hydrogen-bond acceptors (Lipinski definition) is 3. The second kappa shape index (κ2) is 13.4. The molecule has 0 aliphatic heterocycles. The predicted molar refractivity (Wildman–Crippen MR) is 178 cm³/mol. The van der Waals surface area contributed by atoms with Crippen LogP contribution in [0.1, 0.15) is 27.8 Å². The van der Waals surface area contributed by atoms with E-state index in [1.807, 2.05) is 18.2 Å². The molecule has 0 aromatic heterocycles. The molecule has 0 N–H and O–H groups in total. The van der Waals surface area contributed by atoms with Gasteiger partial charge in [0.05, 0.1) is 41.5 Å². The standard InChI is InChI=1S/C41H20F4N4/c1-49-41-19-36(18-40(45)20-41)32-6-25(5-31(14-32)35-9-28(23-48)12-39(44)17-35)2-24-3-29(33-7-26(21-46)10-37(42)15-33)13-30(4-24)34-8-27(22-47)11-38(43)16-34/h3-20H,2H2. The topological polar surface area (TPSA) is 75.7 Å². The van der Waals surface area contributed by atoms with Crippen molar-refractivity contribution in [1.29, 1.82) is 15.8 Å². The second-order valence-electron chi connectivity index (χ2n) is 11.3. The molecule has 0 amide bonds. The van der Waals surface area contributed by atoms with Crippen LogP contribution in [-0.4, -0.2) is 0 Å². The highest BCUT2D eigenvalue weighted by Crippen LogP contribution is 2.35. The molecule has 0 unspecified atom stereocenters. The molecule has 0 bridgehead atoms. The minimum absolute atomic E-state index is 0.0930. The largest absolute Gasteiger partial charge is 0.238 e. The molecule has 232 valence electrons. The van der Waals surface area contributed by atoms with Crippen LogP contribution in [0.2, 0.25) is 0 Å². The van der Waals surface area contributed by atoms with Crippen LogP contribution < -0.4 is 0 Å². The maximum atomic E-state index is 14.6. The van der Waals surface area contributed by atoms with E-state index >= 15 is 0 Å². The van der Waals surface area contributed by atoms with Crippen molar-refractivity contribution in [3.8, 4) is 62.7 Å². The zero-order chi connectivity index (χ0) is 34.7. The molecule has 0 spiro atoms. The maximum Gasteiger partial charge on any atom is 0.190 e. The van der Waals surface area contributed by atoms with Gasteiger partial charge in [0.15, 0.2) is 5.69 Å². The Morgan fingerprint density at radius 3 is 1.04 bits per heavy atom. The van der Waals surface area contributed by atoms with Gasteiger partial charge < -0.3 is 0 Å².